The molecule has 90 valence electrons. The molecule has 1 atom stereocenters. The molecule has 0 aliphatic heterocycles. The second-order valence-electron chi connectivity index (χ2n) is 3.88. The Labute approximate surface area is 103 Å². The van der Waals surface area contributed by atoms with Crippen LogP contribution in [0.1, 0.15) is 18.5 Å². The molecule has 0 aliphatic rings. The number of fused-ring (bicyclic) bond motifs is 1. The minimum Gasteiger partial charge on any atom is -0.467 e. The van der Waals surface area contributed by atoms with Crippen molar-refractivity contribution in [3.8, 4) is 0 Å². The van der Waals surface area contributed by atoms with E-state index in [0.29, 0.717) is 10.4 Å². The number of carbonyl (C=O) groups is 1. The van der Waals surface area contributed by atoms with Gasteiger partial charge in [0.15, 0.2) is 10.4 Å². The van der Waals surface area contributed by atoms with E-state index in [1.807, 2.05) is 13.0 Å². The van der Waals surface area contributed by atoms with Gasteiger partial charge in [0, 0.05) is 6.20 Å². The van der Waals surface area contributed by atoms with Crippen LogP contribution in [0.2, 0.25) is 0 Å². The Hall–Kier alpha value is -1.69. The molecule has 2 heterocycles. The van der Waals surface area contributed by atoms with Gasteiger partial charge in [0.1, 0.15) is 6.04 Å². The van der Waals surface area contributed by atoms with E-state index in [1.165, 1.54) is 7.11 Å². The summed E-state index contributed by atoms with van der Waals surface area (Å²) in [6.45, 7) is 3.68. The van der Waals surface area contributed by atoms with E-state index >= 15 is 0 Å². The standard InChI is InChI=1S/C11H13N3O2S/c1-6-4-8-9(12-5-6)14(11(17)13-8)7(2)10(15)16-3/h4-5,7H,1-3H3,(H,13,17). The van der Waals surface area contributed by atoms with Gasteiger partial charge < -0.3 is 9.72 Å². The fraction of sp³-hybridized carbons (Fsp3) is 0.364. The lowest BCUT2D eigenvalue weighted by molar-refractivity contribution is -0.143. The lowest BCUT2D eigenvalue weighted by Gasteiger charge is -2.11. The van der Waals surface area contributed by atoms with Crippen LogP contribution in [0, 0.1) is 11.7 Å². The number of methoxy groups -OCH3 is 1. The molecule has 1 unspecified atom stereocenters. The first-order valence-electron chi connectivity index (χ1n) is 5.19. The Bertz CT molecular complexity index is 629. The smallest absolute Gasteiger partial charge is 0.328 e. The van der Waals surface area contributed by atoms with Crippen LogP contribution < -0.4 is 0 Å². The third-order valence-electron chi connectivity index (χ3n) is 2.62. The number of rotatable bonds is 2. The van der Waals surface area contributed by atoms with Crippen LogP contribution in [0.3, 0.4) is 0 Å². The van der Waals surface area contributed by atoms with E-state index in [-0.39, 0.29) is 5.97 Å². The highest BCUT2D eigenvalue weighted by Gasteiger charge is 2.19. The molecule has 1 N–H and O–H groups in total. The van der Waals surface area contributed by atoms with Crippen LogP contribution in [-0.2, 0) is 9.53 Å². The number of aromatic nitrogens is 3. The van der Waals surface area contributed by atoms with Crippen molar-refractivity contribution in [3.05, 3.63) is 22.6 Å². The number of hydrogen-bond acceptors (Lipinski definition) is 4. The van der Waals surface area contributed by atoms with Crippen molar-refractivity contribution < 1.29 is 9.53 Å². The highest BCUT2D eigenvalue weighted by Crippen LogP contribution is 2.18. The monoisotopic (exact) mass is 251 g/mol. The van der Waals surface area contributed by atoms with Crippen LogP contribution in [0.4, 0.5) is 0 Å². The number of aromatic amines is 1. The Kier molecular flexibility index (Phi) is 2.97. The number of esters is 1. The normalized spacial score (nSPS) is 12.6. The number of aryl methyl sites for hydroxylation is 1. The number of ether oxygens (including phenoxy) is 1. The van der Waals surface area contributed by atoms with E-state index in [4.69, 9.17) is 17.0 Å². The molecule has 0 fully saturated rings. The van der Waals surface area contributed by atoms with Gasteiger partial charge in [0.05, 0.1) is 12.6 Å². The third kappa shape index (κ3) is 1.95. The number of imidazole rings is 1. The van der Waals surface area contributed by atoms with E-state index in [2.05, 4.69) is 9.97 Å². The molecule has 5 nitrogen and oxygen atoms in total. The van der Waals surface area contributed by atoms with Gasteiger partial charge in [-0.15, -0.1) is 0 Å². The Morgan fingerprint density at radius 1 is 1.65 bits per heavy atom. The SMILES string of the molecule is COC(=O)C(C)n1c(=S)[nH]c2cc(C)cnc21. The summed E-state index contributed by atoms with van der Waals surface area (Å²) in [6, 6.07) is 1.45. The van der Waals surface area contributed by atoms with E-state index in [0.717, 1.165) is 11.1 Å². The average molecular weight is 251 g/mol. The summed E-state index contributed by atoms with van der Waals surface area (Å²) in [5.41, 5.74) is 2.52. The summed E-state index contributed by atoms with van der Waals surface area (Å²) < 4.78 is 6.85. The molecule has 2 aromatic rings. The largest absolute Gasteiger partial charge is 0.467 e. The van der Waals surface area contributed by atoms with Crippen LogP contribution in [0.25, 0.3) is 11.2 Å². The Morgan fingerprint density at radius 3 is 3.00 bits per heavy atom. The number of hydrogen-bond donors (Lipinski definition) is 1. The molecule has 2 aromatic heterocycles. The van der Waals surface area contributed by atoms with Crippen LogP contribution in [0.5, 0.6) is 0 Å². The van der Waals surface area contributed by atoms with Gasteiger partial charge in [-0.1, -0.05) is 0 Å². The lowest BCUT2D eigenvalue weighted by atomic mass is 10.3. The predicted molar refractivity (Wildman–Crippen MR) is 66.4 cm³/mol. The predicted octanol–water partition coefficient (Wildman–Crippen LogP) is 2.14. The number of nitrogens with zero attached hydrogens (tertiary/aromatic N) is 2. The number of pyridine rings is 1. The molecule has 0 amide bonds. The van der Waals surface area contributed by atoms with Crippen molar-refractivity contribution in [3.63, 3.8) is 0 Å². The van der Waals surface area contributed by atoms with Crippen molar-refractivity contribution in [1.29, 1.82) is 0 Å². The average Bonchev–Trinajstić information content (AvgIpc) is 2.62. The van der Waals surface area contributed by atoms with Gasteiger partial charge in [0.2, 0.25) is 0 Å². The Balaban J connectivity index is 2.65. The lowest BCUT2D eigenvalue weighted by Crippen LogP contribution is -2.18. The first-order valence-corrected chi connectivity index (χ1v) is 5.60. The maximum Gasteiger partial charge on any atom is 0.328 e. The minimum absolute atomic E-state index is 0.343. The molecule has 0 radical (unpaired) electrons. The first-order chi connectivity index (χ1) is 8.04. The van der Waals surface area contributed by atoms with Gasteiger partial charge >= 0.3 is 5.97 Å². The molecule has 17 heavy (non-hydrogen) atoms. The van der Waals surface area contributed by atoms with Gasteiger partial charge in [-0.25, -0.2) is 9.78 Å². The fourth-order valence-electron chi connectivity index (χ4n) is 1.75. The zero-order valence-electron chi connectivity index (χ0n) is 9.85. The fourth-order valence-corrected chi connectivity index (χ4v) is 2.11. The minimum atomic E-state index is -0.489. The summed E-state index contributed by atoms with van der Waals surface area (Å²) in [5, 5.41) is 0. The Morgan fingerprint density at radius 2 is 2.35 bits per heavy atom. The molecule has 6 heteroatoms. The second kappa shape index (κ2) is 4.29. The third-order valence-corrected chi connectivity index (χ3v) is 2.92. The number of H-pyrrole nitrogens is 1. The zero-order chi connectivity index (χ0) is 12.6. The van der Waals surface area contributed by atoms with Crippen LogP contribution in [0.15, 0.2) is 12.3 Å². The van der Waals surface area contributed by atoms with Gasteiger partial charge in [-0.05, 0) is 37.7 Å². The van der Waals surface area contributed by atoms with Crippen LogP contribution in [-0.4, -0.2) is 27.6 Å². The van der Waals surface area contributed by atoms with Gasteiger partial charge in [-0.2, -0.15) is 0 Å². The summed E-state index contributed by atoms with van der Waals surface area (Å²) in [4.78, 5) is 18.9. The zero-order valence-corrected chi connectivity index (χ0v) is 10.7. The van der Waals surface area contributed by atoms with Crippen molar-refractivity contribution in [1.82, 2.24) is 14.5 Å². The van der Waals surface area contributed by atoms with Gasteiger partial charge in [0.25, 0.3) is 0 Å². The topological polar surface area (TPSA) is 59.9 Å². The first kappa shape index (κ1) is 11.8. The summed E-state index contributed by atoms with van der Waals surface area (Å²) >= 11 is 5.20. The quantitative estimate of drug-likeness (QED) is 0.656. The molecule has 0 aliphatic carbocycles. The second-order valence-corrected chi connectivity index (χ2v) is 4.27. The van der Waals surface area contributed by atoms with E-state index in [9.17, 15) is 4.79 Å². The van der Waals surface area contributed by atoms with E-state index < -0.39 is 6.04 Å². The summed E-state index contributed by atoms with van der Waals surface area (Å²) in [7, 11) is 1.36. The molecule has 2 rings (SSSR count). The molecular formula is C11H13N3O2S. The van der Waals surface area contributed by atoms with Crippen LogP contribution >= 0.6 is 12.2 Å². The van der Waals surface area contributed by atoms with Crippen molar-refractivity contribution in [2.75, 3.05) is 7.11 Å². The summed E-state index contributed by atoms with van der Waals surface area (Å²) in [5.74, 6) is -0.343. The molecule has 0 aromatic carbocycles. The molecule has 0 saturated heterocycles. The molecule has 0 spiro atoms. The maximum absolute atomic E-state index is 11.5. The van der Waals surface area contributed by atoms with E-state index in [1.54, 1.807) is 17.7 Å². The highest BCUT2D eigenvalue weighted by molar-refractivity contribution is 7.71. The highest BCUT2D eigenvalue weighted by atomic mass is 32.1. The molecule has 0 bridgehead atoms. The molecule has 0 saturated carbocycles. The van der Waals surface area contributed by atoms with Crippen molar-refractivity contribution in [2.24, 2.45) is 0 Å². The molecular weight excluding hydrogens is 238 g/mol. The maximum atomic E-state index is 11.5. The number of carbonyl (C=O) groups excluding carboxylic acids is 1. The van der Waals surface area contributed by atoms with Crippen molar-refractivity contribution >= 4 is 29.4 Å². The number of nitrogens with one attached hydrogen (secondary N) is 1. The van der Waals surface area contributed by atoms with Gasteiger partial charge in [-0.3, -0.25) is 4.57 Å². The van der Waals surface area contributed by atoms with Crippen molar-refractivity contribution in [2.45, 2.75) is 19.9 Å². The summed E-state index contributed by atoms with van der Waals surface area (Å²) in [6.07, 6.45) is 1.74.